The minimum absolute atomic E-state index is 0.242. The molecule has 1 aliphatic carbocycles. The monoisotopic (exact) mass is 409 g/mol. The van der Waals surface area contributed by atoms with Gasteiger partial charge in [0.15, 0.2) is 11.2 Å². The smallest absolute Gasteiger partial charge is 0.278 e. The first-order chi connectivity index (χ1) is 14.5. The van der Waals surface area contributed by atoms with Crippen molar-refractivity contribution in [1.82, 2.24) is 34.4 Å². The first kappa shape index (κ1) is 20.2. The van der Waals surface area contributed by atoms with Crippen LogP contribution >= 0.6 is 0 Å². The third-order valence-electron chi connectivity index (χ3n) is 5.54. The molecule has 1 saturated heterocycles. The Morgan fingerprint density at radius 1 is 1.17 bits per heavy atom. The molecule has 9 heteroatoms. The van der Waals surface area contributed by atoms with E-state index in [2.05, 4.69) is 24.9 Å². The molecule has 158 valence electrons. The molecular formula is C21H27N7O2. The minimum Gasteiger partial charge on any atom is -0.342 e. The highest BCUT2D eigenvalue weighted by Crippen LogP contribution is 2.32. The lowest BCUT2D eigenvalue weighted by Crippen LogP contribution is -2.28. The summed E-state index contributed by atoms with van der Waals surface area (Å²) in [5, 5.41) is 0. The van der Waals surface area contributed by atoms with Crippen molar-refractivity contribution in [2.24, 2.45) is 5.92 Å². The van der Waals surface area contributed by atoms with Crippen molar-refractivity contribution in [3.05, 3.63) is 34.4 Å². The molecule has 0 atom stereocenters. The average molecular weight is 409 g/mol. The molecule has 5 rings (SSSR count). The number of carbonyl (C=O) groups is 1. The van der Waals surface area contributed by atoms with Gasteiger partial charge in [0.2, 0.25) is 5.91 Å². The molecule has 0 aromatic carbocycles. The fraction of sp³-hybridized carbons (Fsp3) is 0.524. The van der Waals surface area contributed by atoms with Gasteiger partial charge in [0.1, 0.15) is 11.6 Å². The number of amides is 1. The second-order valence-corrected chi connectivity index (χ2v) is 7.81. The predicted octanol–water partition coefficient (Wildman–Crippen LogP) is 2.23. The lowest BCUT2D eigenvalue weighted by atomic mass is 10.2. The minimum atomic E-state index is -0.242. The molecule has 0 radical (unpaired) electrons. The fourth-order valence-electron chi connectivity index (χ4n) is 3.78. The van der Waals surface area contributed by atoms with Crippen LogP contribution in [0, 0.1) is 19.8 Å². The Morgan fingerprint density at radius 2 is 1.90 bits per heavy atom. The number of nitrogens with zero attached hydrogens (tertiary/aromatic N) is 6. The summed E-state index contributed by atoms with van der Waals surface area (Å²) in [5.41, 5.74) is 2.32. The van der Waals surface area contributed by atoms with Crippen LogP contribution < -0.4 is 5.56 Å². The number of hydrogen-bond acceptors (Lipinski definition) is 6. The second-order valence-electron chi connectivity index (χ2n) is 7.81. The van der Waals surface area contributed by atoms with Crippen LogP contribution in [0.2, 0.25) is 0 Å². The van der Waals surface area contributed by atoms with Gasteiger partial charge in [0, 0.05) is 31.7 Å². The fourth-order valence-corrected chi connectivity index (χ4v) is 3.78. The molecule has 2 fully saturated rings. The number of imidazole rings is 1. The number of rotatable bonds is 3. The Bertz CT molecular complexity index is 1120. The summed E-state index contributed by atoms with van der Waals surface area (Å²) < 4.78 is 1.89. The topological polar surface area (TPSA) is 110 Å². The normalized spacial score (nSPS) is 15.9. The van der Waals surface area contributed by atoms with E-state index in [0.29, 0.717) is 41.2 Å². The molecule has 1 N–H and O–H groups in total. The van der Waals surface area contributed by atoms with Gasteiger partial charge in [-0.2, -0.15) is 0 Å². The molecule has 2 aliphatic rings. The molecule has 30 heavy (non-hydrogen) atoms. The standard InChI is InChI=1S/C13H14N6O.C8H13NO/c1-4-19-11(9-5-14-8(3)17-7(9)2)18-10-12(19)15-6-16-13(10)20;10-8(7-3-4-7)9-5-1-2-6-9/h5-6H,4H2,1-3H3,(H,15,16,20);7H,1-6H2. The van der Waals surface area contributed by atoms with Gasteiger partial charge in [0.05, 0.1) is 17.6 Å². The molecule has 0 spiro atoms. The van der Waals surface area contributed by atoms with Crippen LogP contribution in [0.4, 0.5) is 0 Å². The van der Waals surface area contributed by atoms with Crippen molar-refractivity contribution in [2.45, 2.75) is 53.0 Å². The number of nitrogens with one attached hydrogen (secondary N) is 1. The van der Waals surface area contributed by atoms with Gasteiger partial charge in [-0.25, -0.2) is 19.9 Å². The van der Waals surface area contributed by atoms with Crippen molar-refractivity contribution in [2.75, 3.05) is 13.1 Å². The molecular weight excluding hydrogens is 382 g/mol. The van der Waals surface area contributed by atoms with E-state index in [-0.39, 0.29) is 5.56 Å². The van der Waals surface area contributed by atoms with Gasteiger partial charge in [-0.15, -0.1) is 0 Å². The number of carbonyl (C=O) groups excluding carboxylic acids is 1. The number of likely N-dealkylation sites (tertiary alicyclic amines) is 1. The Morgan fingerprint density at radius 3 is 2.53 bits per heavy atom. The molecule has 0 unspecified atom stereocenters. The van der Waals surface area contributed by atoms with Crippen LogP contribution in [0.15, 0.2) is 17.3 Å². The lowest BCUT2D eigenvalue weighted by molar-refractivity contribution is -0.131. The number of aryl methyl sites for hydroxylation is 3. The SMILES string of the molecule is CCn1c(-c2cnc(C)nc2C)nc2c(=O)[nH]cnc21.O=C(C1CC1)N1CCCC1. The van der Waals surface area contributed by atoms with E-state index in [0.717, 1.165) is 37.2 Å². The molecule has 4 heterocycles. The largest absolute Gasteiger partial charge is 0.342 e. The quantitative estimate of drug-likeness (QED) is 0.710. The molecule has 1 aliphatic heterocycles. The third-order valence-corrected chi connectivity index (χ3v) is 5.54. The van der Waals surface area contributed by atoms with Gasteiger partial charge in [-0.3, -0.25) is 9.59 Å². The zero-order valence-corrected chi connectivity index (χ0v) is 17.7. The summed E-state index contributed by atoms with van der Waals surface area (Å²) in [6, 6.07) is 0. The number of aromatic nitrogens is 6. The zero-order chi connectivity index (χ0) is 21.3. The van der Waals surface area contributed by atoms with Crippen LogP contribution in [0.3, 0.4) is 0 Å². The lowest BCUT2D eigenvalue weighted by Gasteiger charge is -2.13. The third kappa shape index (κ3) is 3.96. The maximum Gasteiger partial charge on any atom is 0.278 e. The summed E-state index contributed by atoms with van der Waals surface area (Å²) in [5.74, 6) is 2.24. The van der Waals surface area contributed by atoms with Gasteiger partial charge in [-0.05, 0) is 46.5 Å². The van der Waals surface area contributed by atoms with E-state index >= 15 is 0 Å². The molecule has 0 bridgehead atoms. The molecule has 3 aromatic heterocycles. The van der Waals surface area contributed by atoms with Crippen molar-refractivity contribution in [3.8, 4) is 11.4 Å². The number of aromatic amines is 1. The van der Waals surface area contributed by atoms with Gasteiger partial charge in [-0.1, -0.05) is 0 Å². The van der Waals surface area contributed by atoms with Crippen LogP contribution in [-0.2, 0) is 11.3 Å². The zero-order valence-electron chi connectivity index (χ0n) is 17.7. The highest BCUT2D eigenvalue weighted by Gasteiger charge is 2.34. The highest BCUT2D eigenvalue weighted by atomic mass is 16.2. The Hall–Kier alpha value is -3.10. The number of H-pyrrole nitrogens is 1. The number of hydrogen-bond donors (Lipinski definition) is 1. The van der Waals surface area contributed by atoms with E-state index in [9.17, 15) is 9.59 Å². The van der Waals surface area contributed by atoms with Crippen LogP contribution in [0.1, 0.15) is 44.1 Å². The van der Waals surface area contributed by atoms with E-state index < -0.39 is 0 Å². The van der Waals surface area contributed by atoms with Crippen molar-refractivity contribution >= 4 is 17.1 Å². The second kappa shape index (κ2) is 8.33. The highest BCUT2D eigenvalue weighted by molar-refractivity contribution is 5.81. The van der Waals surface area contributed by atoms with E-state index in [1.807, 2.05) is 30.2 Å². The number of fused-ring (bicyclic) bond motifs is 1. The Balaban J connectivity index is 0.000000181. The molecule has 1 saturated carbocycles. The van der Waals surface area contributed by atoms with Crippen LogP contribution in [0.25, 0.3) is 22.6 Å². The first-order valence-electron chi connectivity index (χ1n) is 10.5. The van der Waals surface area contributed by atoms with Crippen LogP contribution in [0.5, 0.6) is 0 Å². The Kier molecular flexibility index (Phi) is 5.61. The van der Waals surface area contributed by atoms with Gasteiger partial charge in [0.25, 0.3) is 5.56 Å². The summed E-state index contributed by atoms with van der Waals surface area (Å²) >= 11 is 0. The summed E-state index contributed by atoms with van der Waals surface area (Å²) in [6.07, 6.45) is 7.86. The molecule has 3 aromatic rings. The Labute approximate surface area is 174 Å². The van der Waals surface area contributed by atoms with Crippen molar-refractivity contribution in [3.63, 3.8) is 0 Å². The van der Waals surface area contributed by atoms with E-state index in [1.54, 1.807) is 6.20 Å². The van der Waals surface area contributed by atoms with Gasteiger partial charge < -0.3 is 14.5 Å². The van der Waals surface area contributed by atoms with Crippen LogP contribution in [-0.4, -0.2) is 53.4 Å². The van der Waals surface area contributed by atoms with E-state index in [1.165, 1.54) is 19.2 Å². The average Bonchev–Trinajstić information content (AvgIpc) is 3.29. The van der Waals surface area contributed by atoms with Crippen molar-refractivity contribution < 1.29 is 4.79 Å². The molecule has 1 amide bonds. The van der Waals surface area contributed by atoms with Gasteiger partial charge >= 0.3 is 0 Å². The molecule has 9 nitrogen and oxygen atoms in total. The predicted molar refractivity (Wildman–Crippen MR) is 113 cm³/mol. The summed E-state index contributed by atoms with van der Waals surface area (Å²) in [6.45, 7) is 8.44. The van der Waals surface area contributed by atoms with E-state index in [4.69, 9.17) is 0 Å². The summed E-state index contributed by atoms with van der Waals surface area (Å²) in [4.78, 5) is 44.9. The summed E-state index contributed by atoms with van der Waals surface area (Å²) in [7, 11) is 0. The maximum atomic E-state index is 11.8. The van der Waals surface area contributed by atoms with Crippen molar-refractivity contribution in [1.29, 1.82) is 0 Å². The first-order valence-corrected chi connectivity index (χ1v) is 10.5. The maximum absolute atomic E-state index is 11.8.